The number of nitrogens with zero attached hydrogens (tertiary/aromatic N) is 5. The minimum Gasteiger partial charge on any atom is -0.494 e. The molecule has 8 heteroatoms. The molecule has 1 unspecified atom stereocenters. The van der Waals surface area contributed by atoms with Crippen LogP contribution in [0.2, 0.25) is 0 Å². The quantitative estimate of drug-likeness (QED) is 0.694. The zero-order valence-corrected chi connectivity index (χ0v) is 15.1. The van der Waals surface area contributed by atoms with E-state index in [1.807, 2.05) is 55.5 Å². The van der Waals surface area contributed by atoms with Crippen LogP contribution in [0, 0.1) is 0 Å². The number of carbonyl (C=O) groups is 1. The lowest BCUT2D eigenvalue weighted by atomic mass is 10.2. The smallest absolute Gasteiger partial charge is 0.243 e. The number of rotatable bonds is 5. The molecule has 1 amide bonds. The number of carbonyl (C=O) groups excluding carboxylic acids is 1. The van der Waals surface area contributed by atoms with Gasteiger partial charge in [0.05, 0.1) is 12.1 Å². The maximum Gasteiger partial charge on any atom is 0.243 e. The van der Waals surface area contributed by atoms with Crippen LogP contribution < -0.4 is 4.74 Å². The van der Waals surface area contributed by atoms with Crippen molar-refractivity contribution < 1.29 is 14.3 Å². The van der Waals surface area contributed by atoms with E-state index < -0.39 is 6.23 Å². The van der Waals surface area contributed by atoms with Gasteiger partial charge in [-0.2, -0.15) is 5.01 Å². The van der Waals surface area contributed by atoms with E-state index in [4.69, 9.17) is 9.47 Å². The van der Waals surface area contributed by atoms with Gasteiger partial charge in [-0.15, -0.1) is 10.2 Å². The minimum atomic E-state index is -0.608. The van der Waals surface area contributed by atoms with Gasteiger partial charge < -0.3 is 9.47 Å². The lowest BCUT2D eigenvalue weighted by molar-refractivity contribution is -0.135. The van der Waals surface area contributed by atoms with Crippen molar-refractivity contribution in [1.82, 2.24) is 20.0 Å². The summed E-state index contributed by atoms with van der Waals surface area (Å²) in [6, 6.07) is 15.1. The van der Waals surface area contributed by atoms with Crippen molar-refractivity contribution in [3.63, 3.8) is 0 Å². The molecule has 0 fully saturated rings. The van der Waals surface area contributed by atoms with Gasteiger partial charge in [-0.25, -0.2) is 4.68 Å². The van der Waals surface area contributed by atoms with E-state index in [9.17, 15) is 4.79 Å². The zero-order valence-electron chi connectivity index (χ0n) is 15.1. The number of benzene rings is 2. The van der Waals surface area contributed by atoms with Gasteiger partial charge in [-0.3, -0.25) is 4.79 Å². The Labute approximate surface area is 156 Å². The van der Waals surface area contributed by atoms with Crippen LogP contribution in [0.15, 0.2) is 53.6 Å². The van der Waals surface area contributed by atoms with Gasteiger partial charge in [0.1, 0.15) is 17.8 Å². The molecular formula is C19H19N5O3. The van der Waals surface area contributed by atoms with Crippen LogP contribution in [0.1, 0.15) is 25.6 Å². The molecule has 138 valence electrons. The van der Waals surface area contributed by atoms with Gasteiger partial charge in [0.25, 0.3) is 0 Å². The number of hydrazone groups is 1. The number of para-hydroxylation sites is 1. The van der Waals surface area contributed by atoms with E-state index in [1.165, 1.54) is 11.9 Å². The third kappa shape index (κ3) is 3.33. The Morgan fingerprint density at radius 3 is 2.70 bits per heavy atom. The highest BCUT2D eigenvalue weighted by molar-refractivity contribution is 5.84. The molecular weight excluding hydrogens is 346 g/mol. The van der Waals surface area contributed by atoms with Crippen LogP contribution in [0.5, 0.6) is 5.75 Å². The van der Waals surface area contributed by atoms with Crippen molar-refractivity contribution in [1.29, 1.82) is 0 Å². The fourth-order valence-electron chi connectivity index (χ4n) is 2.95. The molecule has 0 N–H and O–H groups in total. The third-order valence-corrected chi connectivity index (χ3v) is 4.19. The first-order chi connectivity index (χ1) is 13.2. The fourth-order valence-corrected chi connectivity index (χ4v) is 2.95. The largest absolute Gasteiger partial charge is 0.494 e. The first-order valence-corrected chi connectivity index (χ1v) is 8.70. The van der Waals surface area contributed by atoms with Gasteiger partial charge in [0.2, 0.25) is 18.0 Å². The Morgan fingerprint density at radius 2 is 1.96 bits per heavy atom. The Kier molecular flexibility index (Phi) is 4.45. The number of amides is 1. The summed E-state index contributed by atoms with van der Waals surface area (Å²) in [6.45, 7) is 4.28. The lowest BCUT2D eigenvalue weighted by Gasteiger charge is -2.19. The Balaban J connectivity index is 1.57. The van der Waals surface area contributed by atoms with Gasteiger partial charge in [-0.1, -0.05) is 17.3 Å². The van der Waals surface area contributed by atoms with Crippen molar-refractivity contribution in [3.8, 4) is 5.75 Å². The normalized spacial score (nSPS) is 16.3. The minimum absolute atomic E-state index is 0.202. The van der Waals surface area contributed by atoms with E-state index in [0.29, 0.717) is 12.5 Å². The molecule has 27 heavy (non-hydrogen) atoms. The summed E-state index contributed by atoms with van der Waals surface area (Å²) in [7, 11) is 0. The van der Waals surface area contributed by atoms with E-state index >= 15 is 0 Å². The van der Waals surface area contributed by atoms with E-state index in [0.717, 1.165) is 22.3 Å². The SMILES string of the molecule is CCOc1ccc(C2OC(Cn3nnc4ccccc43)=NN2C(C)=O)cc1. The predicted octanol–water partition coefficient (Wildman–Crippen LogP) is 2.72. The monoisotopic (exact) mass is 365 g/mol. The lowest BCUT2D eigenvalue weighted by Crippen LogP contribution is -2.25. The number of hydrogen-bond acceptors (Lipinski definition) is 6. The highest BCUT2D eigenvalue weighted by Crippen LogP contribution is 2.30. The van der Waals surface area contributed by atoms with E-state index in [2.05, 4.69) is 15.4 Å². The summed E-state index contributed by atoms with van der Waals surface area (Å²) >= 11 is 0. The zero-order chi connectivity index (χ0) is 18.8. The average molecular weight is 365 g/mol. The maximum atomic E-state index is 12.0. The van der Waals surface area contributed by atoms with Gasteiger partial charge in [0.15, 0.2) is 0 Å². The Morgan fingerprint density at radius 1 is 1.19 bits per heavy atom. The molecule has 1 aliphatic rings. The summed E-state index contributed by atoms with van der Waals surface area (Å²) in [5.74, 6) is 0.968. The predicted molar refractivity (Wildman–Crippen MR) is 98.9 cm³/mol. The summed E-state index contributed by atoms with van der Waals surface area (Å²) in [4.78, 5) is 12.0. The highest BCUT2D eigenvalue weighted by Gasteiger charge is 2.32. The molecule has 0 saturated heterocycles. The standard InChI is InChI=1S/C19H19N5O3/c1-3-26-15-10-8-14(9-11-15)19-24(13(2)25)21-18(27-19)12-23-17-7-5-4-6-16(17)20-22-23/h4-11,19H,3,12H2,1-2H3. The number of hydrogen-bond donors (Lipinski definition) is 0. The molecule has 1 aliphatic heterocycles. The second-order valence-electron chi connectivity index (χ2n) is 6.07. The number of fused-ring (bicyclic) bond motifs is 1. The van der Waals surface area contributed by atoms with E-state index in [-0.39, 0.29) is 12.5 Å². The van der Waals surface area contributed by atoms with Crippen molar-refractivity contribution in [2.24, 2.45) is 5.10 Å². The van der Waals surface area contributed by atoms with Crippen LogP contribution in [-0.2, 0) is 16.1 Å². The van der Waals surface area contributed by atoms with Crippen molar-refractivity contribution in [2.75, 3.05) is 6.61 Å². The summed E-state index contributed by atoms with van der Waals surface area (Å²) in [5.41, 5.74) is 2.49. The van der Waals surface area contributed by atoms with Crippen molar-refractivity contribution >= 4 is 22.8 Å². The average Bonchev–Trinajstić information content (AvgIpc) is 3.28. The van der Waals surface area contributed by atoms with Gasteiger partial charge >= 0.3 is 0 Å². The maximum absolute atomic E-state index is 12.0. The molecule has 3 aromatic rings. The van der Waals surface area contributed by atoms with Crippen molar-refractivity contribution in [2.45, 2.75) is 26.6 Å². The summed E-state index contributed by atoms with van der Waals surface area (Å²) in [6.07, 6.45) is -0.608. The molecule has 8 nitrogen and oxygen atoms in total. The van der Waals surface area contributed by atoms with Crippen LogP contribution in [0.25, 0.3) is 11.0 Å². The molecule has 1 atom stereocenters. The molecule has 2 heterocycles. The molecule has 4 rings (SSSR count). The fraction of sp³-hybridized carbons (Fsp3) is 0.263. The molecule has 0 aliphatic carbocycles. The first-order valence-electron chi connectivity index (χ1n) is 8.70. The van der Waals surface area contributed by atoms with Crippen molar-refractivity contribution in [3.05, 3.63) is 54.1 Å². The second-order valence-corrected chi connectivity index (χ2v) is 6.07. The third-order valence-electron chi connectivity index (χ3n) is 4.19. The summed E-state index contributed by atoms with van der Waals surface area (Å²) < 4.78 is 13.1. The topological polar surface area (TPSA) is 81.8 Å². The molecule has 0 saturated carbocycles. The number of ether oxygens (including phenoxy) is 2. The highest BCUT2D eigenvalue weighted by atomic mass is 16.5. The number of aromatic nitrogens is 3. The Bertz CT molecular complexity index is 996. The molecule has 1 aromatic heterocycles. The Hall–Kier alpha value is -3.42. The van der Waals surface area contributed by atoms with Crippen LogP contribution >= 0.6 is 0 Å². The van der Waals surface area contributed by atoms with Gasteiger partial charge in [-0.05, 0) is 43.3 Å². The van der Waals surface area contributed by atoms with Crippen LogP contribution in [-0.4, -0.2) is 38.4 Å². The van der Waals surface area contributed by atoms with Crippen LogP contribution in [0.3, 0.4) is 0 Å². The molecule has 0 radical (unpaired) electrons. The molecule has 0 bridgehead atoms. The van der Waals surface area contributed by atoms with Crippen LogP contribution in [0.4, 0.5) is 0 Å². The van der Waals surface area contributed by atoms with Gasteiger partial charge in [0, 0.05) is 12.5 Å². The van der Waals surface area contributed by atoms with E-state index in [1.54, 1.807) is 4.68 Å². The molecule has 0 spiro atoms. The first kappa shape index (κ1) is 17.0. The molecule has 2 aromatic carbocycles. The summed E-state index contributed by atoms with van der Waals surface area (Å²) in [5, 5.41) is 14.0. The second kappa shape index (κ2) is 7.06.